The summed E-state index contributed by atoms with van der Waals surface area (Å²) in [6.07, 6.45) is 0.904. The van der Waals surface area contributed by atoms with Crippen LogP contribution in [0.15, 0.2) is 24.3 Å². The minimum Gasteiger partial charge on any atom is -0.489 e. The minimum absolute atomic E-state index is 0.126. The number of nitrogens with zero attached hydrogens (tertiary/aromatic N) is 1. The molecule has 0 saturated heterocycles. The number of para-hydroxylation sites is 1. The number of aliphatic hydroxyl groups is 2. The van der Waals surface area contributed by atoms with Gasteiger partial charge in [0.1, 0.15) is 24.5 Å². The molecule has 0 amide bonds. The van der Waals surface area contributed by atoms with E-state index in [-0.39, 0.29) is 19.3 Å². The molecule has 20 heavy (non-hydrogen) atoms. The first kappa shape index (κ1) is 16.4. The van der Waals surface area contributed by atoms with Crippen LogP contribution in [-0.4, -0.2) is 42.1 Å². The van der Waals surface area contributed by atoms with Crippen molar-refractivity contribution >= 4 is 0 Å². The Morgan fingerprint density at radius 2 is 2.15 bits per heavy atom. The minimum atomic E-state index is -0.658. The lowest BCUT2D eigenvalue weighted by atomic mass is 10.1. The molecular formula is C15H22N2O3. The van der Waals surface area contributed by atoms with Gasteiger partial charge in [0.05, 0.1) is 5.56 Å². The maximum Gasteiger partial charge on any atom is 0.137 e. The SMILES string of the molecule is CCC(CCO)NCC(O)COc1ccccc1C#N. The van der Waals surface area contributed by atoms with Crippen molar-refractivity contribution in [2.45, 2.75) is 31.9 Å². The van der Waals surface area contributed by atoms with Crippen molar-refractivity contribution < 1.29 is 14.9 Å². The molecule has 0 aliphatic carbocycles. The number of nitrogens with one attached hydrogen (secondary N) is 1. The number of hydrogen-bond acceptors (Lipinski definition) is 5. The van der Waals surface area contributed by atoms with E-state index in [1.165, 1.54) is 0 Å². The lowest BCUT2D eigenvalue weighted by Gasteiger charge is -2.19. The molecule has 1 aromatic rings. The zero-order valence-electron chi connectivity index (χ0n) is 11.7. The third-order valence-corrected chi connectivity index (χ3v) is 3.05. The van der Waals surface area contributed by atoms with Crippen molar-refractivity contribution in [1.82, 2.24) is 5.32 Å². The average Bonchev–Trinajstić information content (AvgIpc) is 2.49. The molecule has 3 N–H and O–H groups in total. The van der Waals surface area contributed by atoms with Gasteiger partial charge < -0.3 is 20.3 Å². The fraction of sp³-hybridized carbons (Fsp3) is 0.533. The third kappa shape index (κ3) is 5.57. The van der Waals surface area contributed by atoms with Crippen molar-refractivity contribution in [1.29, 1.82) is 5.26 Å². The molecular weight excluding hydrogens is 256 g/mol. The number of ether oxygens (including phenoxy) is 1. The highest BCUT2D eigenvalue weighted by molar-refractivity contribution is 5.42. The Labute approximate surface area is 119 Å². The molecule has 0 bridgehead atoms. The van der Waals surface area contributed by atoms with Crippen LogP contribution in [0.5, 0.6) is 5.75 Å². The third-order valence-electron chi connectivity index (χ3n) is 3.05. The van der Waals surface area contributed by atoms with Crippen LogP contribution in [0.1, 0.15) is 25.3 Å². The topological polar surface area (TPSA) is 85.5 Å². The van der Waals surface area contributed by atoms with E-state index in [4.69, 9.17) is 15.1 Å². The van der Waals surface area contributed by atoms with Crippen molar-refractivity contribution in [2.75, 3.05) is 19.8 Å². The number of hydrogen-bond donors (Lipinski definition) is 3. The monoisotopic (exact) mass is 278 g/mol. The largest absolute Gasteiger partial charge is 0.489 e. The summed E-state index contributed by atoms with van der Waals surface area (Å²) in [7, 11) is 0. The molecule has 0 saturated carbocycles. The standard InChI is InChI=1S/C15H22N2O3/c1-2-13(7-8-18)17-10-14(19)11-20-15-6-4-3-5-12(15)9-16/h3-6,13-14,17-19H,2,7-8,10-11H2,1H3. The zero-order chi connectivity index (χ0) is 14.8. The second-order valence-corrected chi connectivity index (χ2v) is 4.60. The highest BCUT2D eigenvalue weighted by Gasteiger charge is 2.10. The highest BCUT2D eigenvalue weighted by atomic mass is 16.5. The summed E-state index contributed by atoms with van der Waals surface area (Å²) in [5.74, 6) is 0.483. The second-order valence-electron chi connectivity index (χ2n) is 4.60. The summed E-state index contributed by atoms with van der Waals surface area (Å²) < 4.78 is 5.45. The van der Waals surface area contributed by atoms with E-state index in [0.29, 0.717) is 24.3 Å². The Morgan fingerprint density at radius 3 is 2.80 bits per heavy atom. The van der Waals surface area contributed by atoms with E-state index < -0.39 is 6.10 Å². The smallest absolute Gasteiger partial charge is 0.137 e. The Morgan fingerprint density at radius 1 is 1.40 bits per heavy atom. The van der Waals surface area contributed by atoms with Crippen molar-refractivity contribution in [3.8, 4) is 11.8 Å². The van der Waals surface area contributed by atoms with Gasteiger partial charge in [-0.3, -0.25) is 0 Å². The van der Waals surface area contributed by atoms with Crippen molar-refractivity contribution in [3.63, 3.8) is 0 Å². The first-order valence-electron chi connectivity index (χ1n) is 6.85. The van der Waals surface area contributed by atoms with Crippen LogP contribution >= 0.6 is 0 Å². The van der Waals surface area contributed by atoms with Crippen LogP contribution in [0.2, 0.25) is 0 Å². The second kappa shape index (κ2) is 9.32. The Balaban J connectivity index is 2.36. The molecule has 0 aliphatic heterocycles. The summed E-state index contributed by atoms with van der Waals surface area (Å²) >= 11 is 0. The summed E-state index contributed by atoms with van der Waals surface area (Å²) in [6.45, 7) is 2.68. The van der Waals surface area contributed by atoms with E-state index >= 15 is 0 Å². The number of benzene rings is 1. The van der Waals surface area contributed by atoms with Gasteiger partial charge in [0, 0.05) is 19.2 Å². The van der Waals surface area contributed by atoms with Gasteiger partial charge in [0.2, 0.25) is 0 Å². The summed E-state index contributed by atoms with van der Waals surface area (Å²) in [5, 5.41) is 30.8. The molecule has 2 unspecified atom stereocenters. The predicted octanol–water partition coefficient (Wildman–Crippen LogP) is 1.05. The Kier molecular flexibility index (Phi) is 7.66. The summed E-state index contributed by atoms with van der Waals surface area (Å²) in [6, 6.07) is 9.18. The van der Waals surface area contributed by atoms with E-state index in [9.17, 15) is 5.11 Å². The fourth-order valence-corrected chi connectivity index (χ4v) is 1.84. The van der Waals surface area contributed by atoms with Gasteiger partial charge in [-0.05, 0) is 25.0 Å². The van der Waals surface area contributed by atoms with Crippen LogP contribution in [0.4, 0.5) is 0 Å². The van der Waals surface area contributed by atoms with Crippen LogP contribution in [-0.2, 0) is 0 Å². The normalized spacial score (nSPS) is 13.5. The zero-order valence-corrected chi connectivity index (χ0v) is 11.7. The molecule has 5 heteroatoms. The van der Waals surface area contributed by atoms with Gasteiger partial charge in [-0.15, -0.1) is 0 Å². The quantitative estimate of drug-likeness (QED) is 0.628. The molecule has 0 aliphatic rings. The highest BCUT2D eigenvalue weighted by Crippen LogP contribution is 2.16. The number of nitriles is 1. The Hall–Kier alpha value is -1.61. The Bertz CT molecular complexity index is 431. The van der Waals surface area contributed by atoms with Gasteiger partial charge in [0.15, 0.2) is 0 Å². The van der Waals surface area contributed by atoms with Gasteiger partial charge in [-0.1, -0.05) is 19.1 Å². The van der Waals surface area contributed by atoms with Gasteiger partial charge in [-0.2, -0.15) is 5.26 Å². The molecule has 1 rings (SSSR count). The maximum atomic E-state index is 9.85. The first-order chi connectivity index (χ1) is 9.71. The predicted molar refractivity (Wildman–Crippen MR) is 76.4 cm³/mol. The van der Waals surface area contributed by atoms with Crippen LogP contribution in [0, 0.1) is 11.3 Å². The fourth-order valence-electron chi connectivity index (χ4n) is 1.84. The molecule has 0 fully saturated rings. The lowest BCUT2D eigenvalue weighted by Crippen LogP contribution is -2.38. The average molecular weight is 278 g/mol. The number of aliphatic hydroxyl groups excluding tert-OH is 2. The lowest BCUT2D eigenvalue weighted by molar-refractivity contribution is 0.102. The molecule has 0 radical (unpaired) electrons. The molecule has 0 heterocycles. The van der Waals surface area contributed by atoms with Gasteiger partial charge in [0.25, 0.3) is 0 Å². The van der Waals surface area contributed by atoms with Gasteiger partial charge in [-0.25, -0.2) is 0 Å². The first-order valence-corrected chi connectivity index (χ1v) is 6.85. The van der Waals surface area contributed by atoms with E-state index in [2.05, 4.69) is 5.32 Å². The molecule has 1 aromatic carbocycles. The summed E-state index contributed by atoms with van der Waals surface area (Å²) in [4.78, 5) is 0. The molecule has 110 valence electrons. The van der Waals surface area contributed by atoms with E-state index in [1.54, 1.807) is 24.3 Å². The van der Waals surface area contributed by atoms with Crippen molar-refractivity contribution in [3.05, 3.63) is 29.8 Å². The van der Waals surface area contributed by atoms with Crippen LogP contribution in [0.3, 0.4) is 0 Å². The van der Waals surface area contributed by atoms with Crippen LogP contribution in [0.25, 0.3) is 0 Å². The van der Waals surface area contributed by atoms with Crippen LogP contribution < -0.4 is 10.1 Å². The summed E-state index contributed by atoms with van der Waals surface area (Å²) in [5.41, 5.74) is 0.458. The van der Waals surface area contributed by atoms with E-state index in [0.717, 1.165) is 6.42 Å². The maximum absolute atomic E-state index is 9.85. The van der Waals surface area contributed by atoms with Crippen molar-refractivity contribution in [2.24, 2.45) is 0 Å². The van der Waals surface area contributed by atoms with E-state index in [1.807, 2.05) is 13.0 Å². The van der Waals surface area contributed by atoms with Gasteiger partial charge >= 0.3 is 0 Å². The molecule has 0 spiro atoms. The molecule has 5 nitrogen and oxygen atoms in total. The molecule has 2 atom stereocenters. The number of rotatable bonds is 9. The molecule has 0 aromatic heterocycles.